The summed E-state index contributed by atoms with van der Waals surface area (Å²) in [6.45, 7) is 3.53. The number of hydrogen-bond donors (Lipinski definition) is 2. The quantitative estimate of drug-likeness (QED) is 0.272. The average Bonchev–Trinajstić information content (AvgIpc) is 2.27. The number of nitro groups is 1. The summed E-state index contributed by atoms with van der Waals surface area (Å²) in [5, 5.41) is 22.1. The Morgan fingerprint density at radius 1 is 1.59 bits per heavy atom. The maximum absolute atomic E-state index is 10.8. The van der Waals surface area contributed by atoms with Gasteiger partial charge in [0.1, 0.15) is 0 Å². The predicted molar refractivity (Wildman–Crippen MR) is 61.4 cm³/mol. The summed E-state index contributed by atoms with van der Waals surface area (Å²) in [5.74, 6) is -0.0383. The van der Waals surface area contributed by atoms with Crippen LogP contribution >= 0.6 is 0 Å². The van der Waals surface area contributed by atoms with Gasteiger partial charge in [0, 0.05) is 11.6 Å². The zero-order chi connectivity index (χ0) is 13.0. The van der Waals surface area contributed by atoms with E-state index < -0.39 is 4.92 Å². The van der Waals surface area contributed by atoms with E-state index in [4.69, 9.17) is 15.7 Å². The molecule has 0 aliphatic rings. The Kier molecular flexibility index (Phi) is 3.86. The third-order valence-corrected chi connectivity index (χ3v) is 1.92. The van der Waals surface area contributed by atoms with Crippen molar-refractivity contribution in [1.29, 1.82) is 0 Å². The molecule has 0 radical (unpaired) electrons. The highest BCUT2D eigenvalue weighted by Crippen LogP contribution is 2.28. The van der Waals surface area contributed by atoms with Gasteiger partial charge in [0.2, 0.25) is 0 Å². The number of nitrogens with two attached hydrogens (primary N) is 1. The summed E-state index contributed by atoms with van der Waals surface area (Å²) in [5.41, 5.74) is 5.39. The monoisotopic (exact) mass is 239 g/mol. The van der Waals surface area contributed by atoms with Gasteiger partial charge in [0.25, 0.3) is 0 Å². The first kappa shape index (κ1) is 12.8. The number of amidine groups is 1. The molecule has 0 aromatic heterocycles. The van der Waals surface area contributed by atoms with Gasteiger partial charge in [0.15, 0.2) is 11.6 Å². The minimum absolute atomic E-state index is 0.152. The molecule has 0 bridgehead atoms. The molecule has 0 saturated heterocycles. The van der Waals surface area contributed by atoms with E-state index in [0.717, 1.165) is 0 Å². The van der Waals surface area contributed by atoms with E-state index in [1.54, 1.807) is 13.8 Å². The molecule has 17 heavy (non-hydrogen) atoms. The van der Waals surface area contributed by atoms with Crippen molar-refractivity contribution in [2.24, 2.45) is 10.9 Å². The first-order valence-corrected chi connectivity index (χ1v) is 4.88. The molecule has 3 N–H and O–H groups in total. The van der Waals surface area contributed by atoms with Crippen LogP contribution in [0.2, 0.25) is 0 Å². The van der Waals surface area contributed by atoms with Crippen molar-refractivity contribution in [2.75, 3.05) is 0 Å². The Labute approximate surface area is 97.6 Å². The topological polar surface area (TPSA) is 111 Å². The molecule has 0 atom stereocenters. The van der Waals surface area contributed by atoms with Crippen molar-refractivity contribution in [3.05, 3.63) is 33.9 Å². The van der Waals surface area contributed by atoms with Crippen LogP contribution in [0.1, 0.15) is 19.4 Å². The van der Waals surface area contributed by atoms with Crippen LogP contribution in [0.4, 0.5) is 5.69 Å². The van der Waals surface area contributed by atoms with Gasteiger partial charge in [-0.1, -0.05) is 5.16 Å². The maximum atomic E-state index is 10.8. The first-order chi connectivity index (χ1) is 7.95. The van der Waals surface area contributed by atoms with Gasteiger partial charge in [-0.2, -0.15) is 0 Å². The summed E-state index contributed by atoms with van der Waals surface area (Å²) in [6, 6.07) is 4.11. The maximum Gasteiger partial charge on any atom is 0.311 e. The lowest BCUT2D eigenvalue weighted by molar-refractivity contribution is -0.386. The molecular formula is C10H13N3O4. The molecule has 1 aromatic carbocycles. The van der Waals surface area contributed by atoms with E-state index in [0.29, 0.717) is 0 Å². The molecule has 0 amide bonds. The molecule has 1 rings (SSSR count). The minimum Gasteiger partial charge on any atom is -0.484 e. The summed E-state index contributed by atoms with van der Waals surface area (Å²) in [7, 11) is 0. The van der Waals surface area contributed by atoms with Crippen LogP contribution in [-0.4, -0.2) is 22.1 Å². The summed E-state index contributed by atoms with van der Waals surface area (Å²) in [4.78, 5) is 10.3. The molecule has 92 valence electrons. The molecule has 0 aliphatic heterocycles. The molecule has 0 unspecified atom stereocenters. The van der Waals surface area contributed by atoms with Crippen molar-refractivity contribution in [1.82, 2.24) is 0 Å². The Hall–Kier alpha value is -2.31. The number of benzene rings is 1. The van der Waals surface area contributed by atoms with Crippen molar-refractivity contribution in [2.45, 2.75) is 20.0 Å². The molecular weight excluding hydrogens is 226 g/mol. The first-order valence-electron chi connectivity index (χ1n) is 4.88. The predicted octanol–water partition coefficient (Wildman–Crippen LogP) is 1.48. The van der Waals surface area contributed by atoms with Crippen LogP contribution in [0, 0.1) is 10.1 Å². The van der Waals surface area contributed by atoms with Gasteiger partial charge in [-0.3, -0.25) is 10.1 Å². The van der Waals surface area contributed by atoms with E-state index in [-0.39, 0.29) is 28.9 Å². The van der Waals surface area contributed by atoms with Crippen molar-refractivity contribution in [3.63, 3.8) is 0 Å². The third-order valence-electron chi connectivity index (χ3n) is 1.92. The third kappa shape index (κ3) is 3.07. The van der Waals surface area contributed by atoms with Crippen molar-refractivity contribution >= 4 is 11.5 Å². The van der Waals surface area contributed by atoms with Gasteiger partial charge >= 0.3 is 5.69 Å². The van der Waals surface area contributed by atoms with Crippen LogP contribution in [0.5, 0.6) is 5.75 Å². The largest absolute Gasteiger partial charge is 0.484 e. The van der Waals surface area contributed by atoms with Gasteiger partial charge in [0.05, 0.1) is 11.0 Å². The fourth-order valence-corrected chi connectivity index (χ4v) is 1.23. The Balaban J connectivity index is 3.22. The van der Waals surface area contributed by atoms with Gasteiger partial charge in [-0.15, -0.1) is 0 Å². The zero-order valence-corrected chi connectivity index (χ0v) is 9.45. The lowest BCUT2D eigenvalue weighted by Crippen LogP contribution is -2.14. The highest BCUT2D eigenvalue weighted by Gasteiger charge is 2.18. The lowest BCUT2D eigenvalue weighted by atomic mass is 10.1. The number of nitro benzene ring substituents is 1. The molecule has 0 spiro atoms. The smallest absolute Gasteiger partial charge is 0.311 e. The van der Waals surface area contributed by atoms with Gasteiger partial charge < -0.3 is 15.7 Å². The zero-order valence-electron chi connectivity index (χ0n) is 9.45. The molecule has 0 fully saturated rings. The van der Waals surface area contributed by atoms with Crippen LogP contribution in [0.25, 0.3) is 0 Å². The minimum atomic E-state index is -0.578. The molecule has 7 heteroatoms. The van der Waals surface area contributed by atoms with Gasteiger partial charge in [-0.05, 0) is 26.0 Å². The fourth-order valence-electron chi connectivity index (χ4n) is 1.23. The number of hydrogen-bond acceptors (Lipinski definition) is 5. The number of oxime groups is 1. The second-order valence-corrected chi connectivity index (χ2v) is 3.59. The highest BCUT2D eigenvalue weighted by molar-refractivity contribution is 5.97. The Morgan fingerprint density at radius 2 is 2.24 bits per heavy atom. The van der Waals surface area contributed by atoms with Crippen LogP contribution < -0.4 is 10.5 Å². The number of nitrogens with zero attached hydrogens (tertiary/aromatic N) is 2. The second-order valence-electron chi connectivity index (χ2n) is 3.59. The standard InChI is InChI=1S/C10H13N3O4/c1-6(2)17-9-4-3-7(10(11)12-14)5-8(9)13(15)16/h3-6,14H,1-2H3,(H2,11,12). The highest BCUT2D eigenvalue weighted by atomic mass is 16.6. The van der Waals surface area contributed by atoms with Crippen molar-refractivity contribution < 1.29 is 14.9 Å². The Morgan fingerprint density at radius 3 is 2.71 bits per heavy atom. The lowest BCUT2D eigenvalue weighted by Gasteiger charge is -2.10. The molecule has 0 aliphatic carbocycles. The molecule has 0 heterocycles. The molecule has 7 nitrogen and oxygen atoms in total. The molecule has 1 aromatic rings. The number of ether oxygens (including phenoxy) is 1. The van der Waals surface area contributed by atoms with E-state index in [1.165, 1.54) is 18.2 Å². The van der Waals surface area contributed by atoms with Crippen LogP contribution in [0.3, 0.4) is 0 Å². The fraction of sp³-hybridized carbons (Fsp3) is 0.300. The molecule has 0 saturated carbocycles. The van der Waals surface area contributed by atoms with Gasteiger partial charge in [-0.25, -0.2) is 0 Å². The summed E-state index contributed by atoms with van der Waals surface area (Å²) >= 11 is 0. The summed E-state index contributed by atoms with van der Waals surface area (Å²) in [6.07, 6.45) is -0.177. The van der Waals surface area contributed by atoms with E-state index in [9.17, 15) is 10.1 Å². The van der Waals surface area contributed by atoms with E-state index in [2.05, 4.69) is 5.16 Å². The number of rotatable bonds is 4. The van der Waals surface area contributed by atoms with Crippen LogP contribution in [0.15, 0.2) is 23.4 Å². The second kappa shape index (κ2) is 5.15. The average molecular weight is 239 g/mol. The summed E-state index contributed by atoms with van der Waals surface area (Å²) < 4.78 is 5.29. The van der Waals surface area contributed by atoms with E-state index in [1.807, 2.05) is 0 Å². The Bertz CT molecular complexity index is 457. The van der Waals surface area contributed by atoms with Crippen molar-refractivity contribution in [3.8, 4) is 5.75 Å². The van der Waals surface area contributed by atoms with Crippen LogP contribution in [-0.2, 0) is 0 Å². The van der Waals surface area contributed by atoms with E-state index >= 15 is 0 Å². The normalized spacial score (nSPS) is 11.6. The SMILES string of the molecule is CC(C)Oc1ccc(C(N)=NO)cc1[N+](=O)[O-].